The van der Waals surface area contributed by atoms with Gasteiger partial charge in [-0.3, -0.25) is 9.78 Å². The van der Waals surface area contributed by atoms with Crippen LogP contribution in [0, 0.1) is 5.95 Å². The van der Waals surface area contributed by atoms with Crippen molar-refractivity contribution in [3.05, 3.63) is 89.7 Å². The van der Waals surface area contributed by atoms with Crippen molar-refractivity contribution in [1.82, 2.24) is 24.8 Å². The number of carbonyl (C=O) groups excluding carboxylic acids is 1. The number of benzene rings is 2. The van der Waals surface area contributed by atoms with E-state index in [0.29, 0.717) is 39.1 Å². The van der Waals surface area contributed by atoms with Gasteiger partial charge in [-0.25, -0.2) is 9.97 Å². The lowest BCUT2D eigenvalue weighted by Crippen LogP contribution is -2.18. The highest BCUT2D eigenvalue weighted by atomic mass is 35.5. The van der Waals surface area contributed by atoms with Gasteiger partial charge in [-0.05, 0) is 48.0 Å². The van der Waals surface area contributed by atoms with E-state index in [0.717, 1.165) is 11.2 Å². The number of pyridine rings is 2. The highest BCUT2D eigenvalue weighted by molar-refractivity contribution is 6.33. The number of carbonyl (C=O) groups is 1. The fourth-order valence-corrected chi connectivity index (χ4v) is 3.97. The van der Waals surface area contributed by atoms with Crippen molar-refractivity contribution in [2.75, 3.05) is 12.4 Å². The van der Waals surface area contributed by atoms with Crippen molar-refractivity contribution in [2.45, 2.75) is 0 Å². The number of halogens is 2. The maximum absolute atomic E-state index is 13.6. The van der Waals surface area contributed by atoms with Crippen LogP contribution in [0.3, 0.4) is 0 Å². The minimum atomic E-state index is -0.577. The Balaban J connectivity index is 1.42. The van der Waals surface area contributed by atoms with Crippen LogP contribution in [0.25, 0.3) is 22.2 Å². The second-order valence-electron chi connectivity index (χ2n) is 7.89. The topological polar surface area (TPSA) is 94.0 Å². The highest BCUT2D eigenvalue weighted by Crippen LogP contribution is 2.33. The van der Waals surface area contributed by atoms with Gasteiger partial charge in [-0.15, -0.1) is 0 Å². The molecule has 0 aliphatic rings. The number of nitrogens with one attached hydrogen (secondary N) is 2. The fraction of sp³-hybridized carbons (Fsp3) is 0.0769. The van der Waals surface area contributed by atoms with Crippen molar-refractivity contribution < 1.29 is 13.9 Å². The monoisotopic (exact) mass is 502 g/mol. The fourth-order valence-electron chi connectivity index (χ4n) is 3.74. The normalized spacial score (nSPS) is 10.9. The third kappa shape index (κ3) is 4.69. The molecule has 3 heterocycles. The third-order valence-electron chi connectivity index (χ3n) is 5.54. The van der Waals surface area contributed by atoms with Crippen molar-refractivity contribution >= 4 is 40.2 Å². The number of nitrogens with zero attached hydrogens (tertiary/aromatic N) is 4. The molecule has 0 fully saturated rings. The molecule has 0 atom stereocenters. The second kappa shape index (κ2) is 9.63. The van der Waals surface area contributed by atoms with Crippen molar-refractivity contribution in [1.29, 1.82) is 0 Å². The standard InChI is InChI=1S/C26H20ClFN6O2/c1-29-25(35)22-14-18(8-10-30-22)36-17-4-6-23-21(13-17)33-26(34(23)2)32-16-3-5-20(27)19(12-16)15-7-9-31-24(28)11-15/h3-14H,1-2H3,(H,29,35)(H,32,33). The summed E-state index contributed by atoms with van der Waals surface area (Å²) in [5.41, 5.74) is 3.89. The third-order valence-corrected chi connectivity index (χ3v) is 5.87. The first-order valence-electron chi connectivity index (χ1n) is 10.9. The summed E-state index contributed by atoms with van der Waals surface area (Å²) in [5.74, 6) is 0.776. The molecule has 0 spiro atoms. The average Bonchev–Trinajstić information content (AvgIpc) is 3.19. The Kier molecular flexibility index (Phi) is 6.22. The molecule has 3 aromatic heterocycles. The molecule has 8 nitrogen and oxygen atoms in total. The molecule has 36 heavy (non-hydrogen) atoms. The van der Waals surface area contributed by atoms with E-state index in [-0.39, 0.29) is 11.6 Å². The summed E-state index contributed by atoms with van der Waals surface area (Å²) in [7, 11) is 3.44. The van der Waals surface area contributed by atoms with Gasteiger partial charge in [0.05, 0.1) is 11.0 Å². The largest absolute Gasteiger partial charge is 0.457 e. The Morgan fingerprint density at radius 1 is 1.00 bits per heavy atom. The van der Waals surface area contributed by atoms with E-state index in [2.05, 4.69) is 20.6 Å². The molecule has 0 aliphatic heterocycles. The van der Waals surface area contributed by atoms with E-state index in [1.807, 2.05) is 41.9 Å². The molecule has 5 aromatic rings. The molecule has 0 saturated heterocycles. The van der Waals surface area contributed by atoms with Crippen LogP contribution < -0.4 is 15.4 Å². The summed E-state index contributed by atoms with van der Waals surface area (Å²) >= 11 is 6.37. The SMILES string of the molecule is CNC(=O)c1cc(Oc2ccc3c(c2)nc(Nc2ccc(Cl)c(-c4ccnc(F)c4)c2)n3C)ccn1. The lowest BCUT2D eigenvalue weighted by atomic mass is 10.1. The van der Waals surface area contributed by atoms with E-state index >= 15 is 0 Å². The minimum absolute atomic E-state index is 0.261. The number of hydrogen-bond donors (Lipinski definition) is 2. The van der Waals surface area contributed by atoms with Crippen LogP contribution in [0.4, 0.5) is 16.0 Å². The lowest BCUT2D eigenvalue weighted by Gasteiger charge is -2.10. The lowest BCUT2D eigenvalue weighted by molar-refractivity contribution is 0.0958. The first kappa shape index (κ1) is 23.3. The zero-order chi connectivity index (χ0) is 25.2. The van der Waals surface area contributed by atoms with Gasteiger partial charge in [0.2, 0.25) is 11.9 Å². The van der Waals surface area contributed by atoms with E-state index in [9.17, 15) is 9.18 Å². The van der Waals surface area contributed by atoms with Crippen molar-refractivity contribution in [3.63, 3.8) is 0 Å². The Hall–Kier alpha value is -4.50. The number of ether oxygens (including phenoxy) is 1. The van der Waals surface area contributed by atoms with Crippen LogP contribution in [0.2, 0.25) is 5.02 Å². The van der Waals surface area contributed by atoms with Crippen molar-refractivity contribution in [3.8, 4) is 22.6 Å². The predicted molar refractivity (Wildman–Crippen MR) is 136 cm³/mol. The predicted octanol–water partition coefficient (Wildman–Crippen LogP) is 5.72. The van der Waals surface area contributed by atoms with Gasteiger partial charge in [0.1, 0.15) is 17.2 Å². The van der Waals surface area contributed by atoms with Gasteiger partial charge in [0, 0.05) is 61.0 Å². The summed E-state index contributed by atoms with van der Waals surface area (Å²) in [6.45, 7) is 0. The van der Waals surface area contributed by atoms with Crippen molar-refractivity contribution in [2.24, 2.45) is 7.05 Å². The maximum Gasteiger partial charge on any atom is 0.269 e. The second-order valence-corrected chi connectivity index (χ2v) is 8.30. The Bertz CT molecular complexity index is 1600. The van der Waals surface area contributed by atoms with Crippen LogP contribution in [-0.4, -0.2) is 32.5 Å². The molecule has 0 radical (unpaired) electrons. The smallest absolute Gasteiger partial charge is 0.269 e. The number of amides is 1. The summed E-state index contributed by atoms with van der Waals surface area (Å²) in [4.78, 5) is 24.2. The van der Waals surface area contributed by atoms with Gasteiger partial charge in [0.25, 0.3) is 5.91 Å². The first-order valence-corrected chi connectivity index (χ1v) is 11.3. The molecule has 5 rings (SSSR count). The van der Waals surface area contributed by atoms with Crippen LogP contribution in [0.5, 0.6) is 11.5 Å². The number of aryl methyl sites for hydroxylation is 1. The Morgan fingerprint density at radius 2 is 1.81 bits per heavy atom. The van der Waals surface area contributed by atoms with Crippen LogP contribution in [0.1, 0.15) is 10.5 Å². The summed E-state index contributed by atoms with van der Waals surface area (Å²) in [6, 6.07) is 17.2. The molecule has 2 aromatic carbocycles. The van der Waals surface area contributed by atoms with Gasteiger partial charge in [0.15, 0.2) is 0 Å². The molecule has 180 valence electrons. The first-order chi connectivity index (χ1) is 17.4. The zero-order valence-electron chi connectivity index (χ0n) is 19.3. The van der Waals surface area contributed by atoms with Gasteiger partial charge < -0.3 is 19.9 Å². The molecule has 0 bridgehead atoms. The molecule has 1 amide bonds. The quantitative estimate of drug-likeness (QED) is 0.288. The number of aromatic nitrogens is 4. The number of hydrogen-bond acceptors (Lipinski definition) is 6. The average molecular weight is 503 g/mol. The van der Waals surface area contributed by atoms with Gasteiger partial charge >= 0.3 is 0 Å². The van der Waals surface area contributed by atoms with E-state index < -0.39 is 5.95 Å². The summed E-state index contributed by atoms with van der Waals surface area (Å²) < 4.78 is 21.5. The molecule has 0 saturated carbocycles. The van der Waals surface area contributed by atoms with E-state index in [1.54, 1.807) is 31.3 Å². The maximum atomic E-state index is 13.6. The van der Waals surface area contributed by atoms with Crippen LogP contribution >= 0.6 is 11.6 Å². The molecule has 10 heteroatoms. The zero-order valence-corrected chi connectivity index (χ0v) is 20.0. The summed E-state index contributed by atoms with van der Waals surface area (Å²) in [6.07, 6.45) is 2.92. The van der Waals surface area contributed by atoms with E-state index in [4.69, 9.17) is 21.3 Å². The Labute approximate surface area is 210 Å². The number of anilines is 2. The number of fused-ring (bicyclic) bond motifs is 1. The minimum Gasteiger partial charge on any atom is -0.457 e. The molecule has 2 N–H and O–H groups in total. The van der Waals surface area contributed by atoms with Gasteiger partial charge in [-0.1, -0.05) is 11.6 Å². The van der Waals surface area contributed by atoms with Crippen LogP contribution in [-0.2, 0) is 7.05 Å². The number of rotatable bonds is 6. The molecule has 0 unspecified atom stereocenters. The molecular weight excluding hydrogens is 483 g/mol. The van der Waals surface area contributed by atoms with Gasteiger partial charge in [-0.2, -0.15) is 4.39 Å². The van der Waals surface area contributed by atoms with E-state index in [1.165, 1.54) is 18.5 Å². The highest BCUT2D eigenvalue weighted by Gasteiger charge is 2.13. The van der Waals surface area contributed by atoms with Crippen LogP contribution in [0.15, 0.2) is 73.1 Å². The molecule has 0 aliphatic carbocycles. The number of imidazole rings is 1. The summed E-state index contributed by atoms with van der Waals surface area (Å²) in [5, 5.41) is 6.33. The Morgan fingerprint density at radius 3 is 2.61 bits per heavy atom. The molecular formula is C26H20ClFN6O2.